The van der Waals surface area contributed by atoms with Crippen molar-refractivity contribution in [1.29, 1.82) is 0 Å². The van der Waals surface area contributed by atoms with Gasteiger partial charge in [0.2, 0.25) is 5.91 Å². The lowest BCUT2D eigenvalue weighted by Gasteiger charge is -2.28. The number of para-hydroxylation sites is 2. The molecule has 1 N–H and O–H groups in total. The molecule has 0 spiro atoms. The minimum atomic E-state index is -0.852. The fraction of sp³-hybridized carbons (Fsp3) is 0.167. The molecule has 2 amide bonds. The molecule has 1 heterocycles. The van der Waals surface area contributed by atoms with Crippen LogP contribution in [-0.4, -0.2) is 38.0 Å². The molecule has 26 heavy (non-hydrogen) atoms. The van der Waals surface area contributed by atoms with Crippen LogP contribution in [0, 0.1) is 5.82 Å². The lowest BCUT2D eigenvalue weighted by Crippen LogP contribution is -2.44. The number of halogens is 1. The molecule has 0 saturated carbocycles. The van der Waals surface area contributed by atoms with Gasteiger partial charge in [-0.15, -0.1) is 0 Å². The first-order valence-electron chi connectivity index (χ1n) is 7.69. The average molecular weight is 358 g/mol. The smallest absolute Gasteiger partial charge is 0.338 e. The number of nitrogens with one attached hydrogen (secondary N) is 1. The number of esters is 1. The third kappa shape index (κ3) is 3.49. The summed E-state index contributed by atoms with van der Waals surface area (Å²) in [6.07, 6.45) is 0. The van der Waals surface area contributed by atoms with Crippen molar-refractivity contribution in [3.8, 4) is 5.75 Å². The van der Waals surface area contributed by atoms with Gasteiger partial charge in [0.25, 0.3) is 5.91 Å². The van der Waals surface area contributed by atoms with Crippen LogP contribution in [0.5, 0.6) is 5.75 Å². The van der Waals surface area contributed by atoms with E-state index in [2.05, 4.69) is 5.32 Å². The van der Waals surface area contributed by atoms with Crippen molar-refractivity contribution in [3.63, 3.8) is 0 Å². The monoisotopic (exact) mass is 358 g/mol. The molecular formula is C18H15FN2O5. The highest BCUT2D eigenvalue weighted by Gasteiger charge is 2.27. The zero-order chi connectivity index (χ0) is 18.7. The van der Waals surface area contributed by atoms with Crippen molar-refractivity contribution in [2.45, 2.75) is 0 Å². The number of nitrogens with zero attached hydrogens (tertiary/aromatic N) is 1. The summed E-state index contributed by atoms with van der Waals surface area (Å²) in [5, 5.41) is 2.66. The number of benzene rings is 2. The van der Waals surface area contributed by atoms with Crippen molar-refractivity contribution in [1.82, 2.24) is 0 Å². The Kier molecular flexibility index (Phi) is 4.83. The van der Waals surface area contributed by atoms with Crippen molar-refractivity contribution in [2.24, 2.45) is 0 Å². The molecule has 0 fully saturated rings. The van der Waals surface area contributed by atoms with Crippen LogP contribution in [0.4, 0.5) is 15.8 Å². The summed E-state index contributed by atoms with van der Waals surface area (Å²) in [5.41, 5.74) is 0.970. The molecule has 0 saturated heterocycles. The Labute approximate surface area is 148 Å². The molecule has 0 bridgehead atoms. The quantitative estimate of drug-likeness (QED) is 0.845. The normalized spacial score (nSPS) is 12.8. The molecule has 0 aliphatic carbocycles. The molecule has 0 radical (unpaired) electrons. The summed E-state index contributed by atoms with van der Waals surface area (Å²) in [6, 6.07) is 10.4. The second kappa shape index (κ2) is 7.22. The summed E-state index contributed by atoms with van der Waals surface area (Å²) in [5.74, 6) is -2.48. The van der Waals surface area contributed by atoms with Crippen LogP contribution in [0.25, 0.3) is 0 Å². The summed E-state index contributed by atoms with van der Waals surface area (Å²) in [6.45, 7) is -0.751. The largest absolute Gasteiger partial charge is 0.494 e. The topological polar surface area (TPSA) is 84.9 Å². The molecule has 0 unspecified atom stereocenters. The lowest BCUT2D eigenvalue weighted by atomic mass is 10.2. The van der Waals surface area contributed by atoms with Gasteiger partial charge in [0.15, 0.2) is 18.2 Å². The van der Waals surface area contributed by atoms with E-state index in [1.54, 1.807) is 24.3 Å². The molecule has 3 rings (SSSR count). The van der Waals surface area contributed by atoms with Crippen LogP contribution in [0.3, 0.4) is 0 Å². The Hall–Kier alpha value is -3.42. The summed E-state index contributed by atoms with van der Waals surface area (Å²) < 4.78 is 23.4. The fourth-order valence-corrected chi connectivity index (χ4v) is 2.54. The van der Waals surface area contributed by atoms with Crippen molar-refractivity contribution in [2.75, 3.05) is 30.5 Å². The Morgan fingerprint density at radius 3 is 2.73 bits per heavy atom. The van der Waals surface area contributed by atoms with Gasteiger partial charge in [-0.2, -0.15) is 0 Å². The van der Waals surface area contributed by atoms with Gasteiger partial charge in [0, 0.05) is 0 Å². The highest BCUT2D eigenvalue weighted by atomic mass is 19.1. The van der Waals surface area contributed by atoms with E-state index >= 15 is 0 Å². The van der Waals surface area contributed by atoms with Gasteiger partial charge >= 0.3 is 5.97 Å². The van der Waals surface area contributed by atoms with E-state index in [9.17, 15) is 18.8 Å². The van der Waals surface area contributed by atoms with Gasteiger partial charge in [-0.05, 0) is 30.3 Å². The second-order valence-electron chi connectivity index (χ2n) is 5.47. The molecule has 0 atom stereocenters. The number of hydrogen-bond acceptors (Lipinski definition) is 5. The average Bonchev–Trinajstić information content (AvgIpc) is 2.65. The molecule has 0 aromatic heterocycles. The molecule has 2 aromatic carbocycles. The van der Waals surface area contributed by atoms with Crippen LogP contribution in [0.15, 0.2) is 42.5 Å². The number of fused-ring (bicyclic) bond motifs is 1. The highest BCUT2D eigenvalue weighted by molar-refractivity contribution is 6.10. The molecule has 2 aromatic rings. The number of carbonyl (C=O) groups is 3. The van der Waals surface area contributed by atoms with Crippen LogP contribution in [0.1, 0.15) is 10.4 Å². The SMILES string of the molecule is COc1ccc(C(=O)OCC(=O)N2CC(=O)Nc3ccccc32)cc1F. The van der Waals surface area contributed by atoms with Crippen LogP contribution in [0.2, 0.25) is 0 Å². The number of rotatable bonds is 4. The van der Waals surface area contributed by atoms with Gasteiger partial charge in [0.1, 0.15) is 6.54 Å². The zero-order valence-corrected chi connectivity index (χ0v) is 13.8. The minimum Gasteiger partial charge on any atom is -0.494 e. The Morgan fingerprint density at radius 2 is 2.00 bits per heavy atom. The first-order chi connectivity index (χ1) is 12.5. The maximum Gasteiger partial charge on any atom is 0.338 e. The van der Waals surface area contributed by atoms with Crippen LogP contribution < -0.4 is 15.0 Å². The van der Waals surface area contributed by atoms with E-state index in [4.69, 9.17) is 9.47 Å². The molecule has 1 aliphatic rings. The molecule has 134 valence electrons. The maximum atomic E-state index is 13.7. The van der Waals surface area contributed by atoms with E-state index in [1.165, 1.54) is 24.1 Å². The van der Waals surface area contributed by atoms with Gasteiger partial charge < -0.3 is 14.8 Å². The number of anilines is 2. The number of methoxy groups -OCH3 is 1. The molecule has 8 heteroatoms. The Balaban J connectivity index is 1.68. The van der Waals surface area contributed by atoms with Gasteiger partial charge in [-0.1, -0.05) is 12.1 Å². The Morgan fingerprint density at radius 1 is 1.23 bits per heavy atom. The number of amides is 2. The van der Waals surface area contributed by atoms with Crippen LogP contribution >= 0.6 is 0 Å². The van der Waals surface area contributed by atoms with E-state index in [-0.39, 0.29) is 23.8 Å². The molecular weight excluding hydrogens is 343 g/mol. The summed E-state index contributed by atoms with van der Waals surface area (Å²) in [4.78, 5) is 37.4. The third-order valence-corrected chi connectivity index (χ3v) is 3.79. The molecule has 7 nitrogen and oxygen atoms in total. The van der Waals surface area contributed by atoms with Crippen LogP contribution in [-0.2, 0) is 14.3 Å². The van der Waals surface area contributed by atoms with Gasteiger partial charge in [0.05, 0.1) is 24.0 Å². The summed E-state index contributed by atoms with van der Waals surface area (Å²) in [7, 11) is 1.31. The number of carbonyl (C=O) groups excluding carboxylic acids is 3. The van der Waals surface area contributed by atoms with Crippen molar-refractivity contribution >= 4 is 29.2 Å². The van der Waals surface area contributed by atoms with E-state index in [0.717, 1.165) is 6.07 Å². The fourth-order valence-electron chi connectivity index (χ4n) is 2.54. The predicted molar refractivity (Wildman–Crippen MR) is 90.7 cm³/mol. The van der Waals surface area contributed by atoms with E-state index in [0.29, 0.717) is 11.4 Å². The second-order valence-corrected chi connectivity index (χ2v) is 5.47. The van der Waals surface area contributed by atoms with Crippen molar-refractivity contribution in [3.05, 3.63) is 53.8 Å². The Bertz CT molecular complexity index is 884. The van der Waals surface area contributed by atoms with E-state index < -0.39 is 24.3 Å². The zero-order valence-electron chi connectivity index (χ0n) is 13.8. The lowest BCUT2D eigenvalue weighted by molar-refractivity contribution is -0.124. The maximum absolute atomic E-state index is 13.7. The van der Waals surface area contributed by atoms with Gasteiger partial charge in [-0.3, -0.25) is 14.5 Å². The number of ether oxygens (including phenoxy) is 2. The minimum absolute atomic E-state index is 0.00596. The first-order valence-corrected chi connectivity index (χ1v) is 7.69. The van der Waals surface area contributed by atoms with Gasteiger partial charge in [-0.25, -0.2) is 9.18 Å². The summed E-state index contributed by atoms with van der Waals surface area (Å²) >= 11 is 0. The standard InChI is InChI=1S/C18H15FN2O5/c1-25-15-7-6-11(8-12(15)19)18(24)26-10-17(23)21-9-16(22)20-13-4-2-3-5-14(13)21/h2-8H,9-10H2,1H3,(H,20,22). The van der Waals surface area contributed by atoms with E-state index in [1.807, 2.05) is 0 Å². The first kappa shape index (κ1) is 17.4. The highest BCUT2D eigenvalue weighted by Crippen LogP contribution is 2.28. The number of hydrogen-bond donors (Lipinski definition) is 1. The molecule has 1 aliphatic heterocycles. The van der Waals surface area contributed by atoms with Crippen molar-refractivity contribution < 1.29 is 28.2 Å². The third-order valence-electron chi connectivity index (χ3n) is 3.79. The predicted octanol–water partition coefficient (Wildman–Crippen LogP) is 1.98.